The number of alkyl carbamates (subject to hydrolysis) is 1. The van der Waals surface area contributed by atoms with E-state index in [0.29, 0.717) is 0 Å². The van der Waals surface area contributed by atoms with E-state index in [2.05, 4.69) is 0 Å². The van der Waals surface area contributed by atoms with Crippen LogP contribution in [0.5, 0.6) is 0 Å². The number of nitrogens with one attached hydrogen (secondary N) is 2. The number of halogens is 5. The fraction of sp³-hybridized carbons (Fsp3) is 0.318. The summed E-state index contributed by atoms with van der Waals surface area (Å²) in [5, 5.41) is 11.6. The molecule has 0 saturated carbocycles. The highest BCUT2D eigenvalue weighted by Crippen LogP contribution is 2.44. The molecule has 2 aromatic rings. The Morgan fingerprint density at radius 2 is 1.47 bits per heavy atom. The molecule has 2 aromatic carbocycles. The monoisotopic (exact) mass is 486 g/mol. The van der Waals surface area contributed by atoms with Crippen molar-refractivity contribution in [2.45, 2.75) is 37.0 Å². The van der Waals surface area contributed by atoms with Crippen molar-refractivity contribution in [1.82, 2.24) is 10.6 Å². The summed E-state index contributed by atoms with van der Waals surface area (Å²) in [4.78, 5) is 35.1. The second-order valence-corrected chi connectivity index (χ2v) is 7.47. The Morgan fingerprint density at radius 3 is 1.94 bits per heavy atom. The number of aliphatic carboxylic acids is 1. The number of ether oxygens (including phenoxy) is 1. The number of fused-ring (bicyclic) bond motifs is 3. The van der Waals surface area contributed by atoms with Gasteiger partial charge in [0.25, 0.3) is 5.91 Å². The molecule has 7 nitrogen and oxygen atoms in total. The van der Waals surface area contributed by atoms with Gasteiger partial charge in [-0.3, -0.25) is 4.79 Å². The first-order chi connectivity index (χ1) is 16.0. The lowest BCUT2D eigenvalue weighted by Gasteiger charge is -2.23. The molecule has 0 aromatic heterocycles. The highest BCUT2D eigenvalue weighted by atomic mass is 19.4. The topological polar surface area (TPSA) is 105 Å². The molecular weight excluding hydrogens is 467 g/mol. The summed E-state index contributed by atoms with van der Waals surface area (Å²) in [5.41, 5.74) is 3.38. The third kappa shape index (κ3) is 5.61. The van der Waals surface area contributed by atoms with E-state index in [1.165, 1.54) is 10.6 Å². The standard InChI is InChI=1S/C22H19F5N2O5/c23-17(24)9-16(20(31)32)28-19(30)18(22(25,26)27)29-21(33)34-10-15-13-7-3-1-5-11(13)12-6-2-4-8-14(12)15/h1-8,15-18H,9-10H2,(H,28,30)(H,29,33)(H,31,32). The van der Waals surface area contributed by atoms with Crippen LogP contribution in [-0.2, 0) is 14.3 Å². The molecule has 0 bridgehead atoms. The number of rotatable bonds is 8. The van der Waals surface area contributed by atoms with E-state index < -0.39 is 55.0 Å². The molecule has 182 valence electrons. The minimum atomic E-state index is -5.34. The number of carboxylic acid groups (broad SMARTS) is 1. The molecule has 1 aliphatic rings. The molecule has 0 aliphatic heterocycles. The van der Waals surface area contributed by atoms with Gasteiger partial charge in [0.1, 0.15) is 12.6 Å². The van der Waals surface area contributed by atoms with E-state index in [0.717, 1.165) is 22.3 Å². The number of amides is 2. The molecule has 3 rings (SSSR count). The largest absolute Gasteiger partial charge is 0.480 e. The molecule has 12 heteroatoms. The molecule has 2 unspecified atom stereocenters. The second-order valence-electron chi connectivity index (χ2n) is 7.47. The average Bonchev–Trinajstić information content (AvgIpc) is 3.08. The van der Waals surface area contributed by atoms with Crippen LogP contribution < -0.4 is 10.6 Å². The lowest BCUT2D eigenvalue weighted by atomic mass is 9.98. The van der Waals surface area contributed by atoms with Gasteiger partial charge in [0, 0.05) is 12.3 Å². The Labute approximate surface area is 189 Å². The van der Waals surface area contributed by atoms with E-state index in [4.69, 9.17) is 9.84 Å². The van der Waals surface area contributed by atoms with Crippen molar-refractivity contribution in [2.75, 3.05) is 6.61 Å². The summed E-state index contributed by atoms with van der Waals surface area (Å²) in [6.45, 7) is -0.338. The summed E-state index contributed by atoms with van der Waals surface area (Å²) in [7, 11) is 0. The van der Waals surface area contributed by atoms with Gasteiger partial charge < -0.3 is 20.5 Å². The Bertz CT molecular complexity index is 1030. The van der Waals surface area contributed by atoms with Crippen LogP contribution in [0.3, 0.4) is 0 Å². The number of hydrogen-bond acceptors (Lipinski definition) is 4. The fourth-order valence-electron chi connectivity index (χ4n) is 3.71. The first kappa shape index (κ1) is 24.9. The zero-order valence-corrected chi connectivity index (χ0v) is 17.3. The maximum absolute atomic E-state index is 13.4. The minimum absolute atomic E-state index is 0.338. The van der Waals surface area contributed by atoms with Gasteiger partial charge in [-0.05, 0) is 22.3 Å². The molecule has 0 fully saturated rings. The number of carboxylic acids is 1. The van der Waals surface area contributed by atoms with Crippen LogP contribution in [0.15, 0.2) is 48.5 Å². The van der Waals surface area contributed by atoms with Gasteiger partial charge in [-0.2, -0.15) is 13.2 Å². The predicted octanol–water partition coefficient (Wildman–Crippen LogP) is 3.68. The lowest BCUT2D eigenvalue weighted by Crippen LogP contribution is -2.58. The zero-order valence-electron chi connectivity index (χ0n) is 17.3. The molecule has 2 amide bonds. The molecular formula is C22H19F5N2O5. The van der Waals surface area contributed by atoms with Crippen molar-refractivity contribution in [3.8, 4) is 11.1 Å². The third-order valence-corrected chi connectivity index (χ3v) is 5.22. The van der Waals surface area contributed by atoms with Gasteiger partial charge in [-0.25, -0.2) is 18.4 Å². The van der Waals surface area contributed by atoms with Crippen LogP contribution >= 0.6 is 0 Å². The lowest BCUT2D eigenvalue weighted by molar-refractivity contribution is -0.169. The molecule has 3 N–H and O–H groups in total. The molecule has 2 atom stereocenters. The molecule has 34 heavy (non-hydrogen) atoms. The quantitative estimate of drug-likeness (QED) is 0.494. The maximum atomic E-state index is 13.4. The SMILES string of the molecule is O=C(NC(C(=O)NC(CC(F)F)C(=O)O)C(F)(F)F)OCC1c2ccccc2-c2ccccc21. The van der Waals surface area contributed by atoms with E-state index >= 15 is 0 Å². The van der Waals surface area contributed by atoms with Gasteiger partial charge in [-0.15, -0.1) is 0 Å². The van der Waals surface area contributed by atoms with Gasteiger partial charge in [-0.1, -0.05) is 48.5 Å². The van der Waals surface area contributed by atoms with Crippen LogP contribution in [0.25, 0.3) is 11.1 Å². The summed E-state index contributed by atoms with van der Waals surface area (Å²) in [6, 6.07) is 8.98. The zero-order chi connectivity index (χ0) is 25.0. The van der Waals surface area contributed by atoms with Gasteiger partial charge >= 0.3 is 18.2 Å². The van der Waals surface area contributed by atoms with E-state index in [9.17, 15) is 36.3 Å². The van der Waals surface area contributed by atoms with Gasteiger partial charge in [0.15, 0.2) is 0 Å². The highest BCUT2D eigenvalue weighted by Gasteiger charge is 2.47. The Kier molecular flexibility index (Phi) is 7.38. The van der Waals surface area contributed by atoms with Crippen LogP contribution in [0.1, 0.15) is 23.5 Å². The van der Waals surface area contributed by atoms with Crippen LogP contribution in [0.4, 0.5) is 26.7 Å². The van der Waals surface area contributed by atoms with Crippen molar-refractivity contribution in [3.05, 3.63) is 59.7 Å². The van der Waals surface area contributed by atoms with Crippen molar-refractivity contribution in [1.29, 1.82) is 0 Å². The molecule has 0 radical (unpaired) electrons. The molecule has 0 heterocycles. The second kappa shape index (κ2) is 10.1. The van der Waals surface area contributed by atoms with E-state index in [1.807, 2.05) is 24.3 Å². The first-order valence-electron chi connectivity index (χ1n) is 9.98. The predicted molar refractivity (Wildman–Crippen MR) is 108 cm³/mol. The van der Waals surface area contributed by atoms with Crippen molar-refractivity contribution in [3.63, 3.8) is 0 Å². The average molecular weight is 486 g/mol. The third-order valence-electron chi connectivity index (χ3n) is 5.22. The Hall–Kier alpha value is -3.70. The first-order valence-corrected chi connectivity index (χ1v) is 9.98. The Morgan fingerprint density at radius 1 is 0.941 bits per heavy atom. The summed E-state index contributed by atoms with van der Waals surface area (Å²) >= 11 is 0. The minimum Gasteiger partial charge on any atom is -0.480 e. The van der Waals surface area contributed by atoms with E-state index in [1.54, 1.807) is 24.3 Å². The van der Waals surface area contributed by atoms with Crippen molar-refractivity contribution < 1.29 is 46.2 Å². The normalized spacial score (nSPS) is 14.6. The highest BCUT2D eigenvalue weighted by molar-refractivity contribution is 5.90. The van der Waals surface area contributed by atoms with Crippen molar-refractivity contribution in [2.24, 2.45) is 0 Å². The maximum Gasteiger partial charge on any atom is 0.417 e. The summed E-state index contributed by atoms with van der Waals surface area (Å²) in [5.74, 6) is -4.41. The molecule has 1 aliphatic carbocycles. The Balaban J connectivity index is 1.69. The number of carbonyl (C=O) groups is 3. The van der Waals surface area contributed by atoms with Gasteiger partial charge in [0.2, 0.25) is 12.5 Å². The van der Waals surface area contributed by atoms with Crippen molar-refractivity contribution >= 4 is 18.0 Å². The summed E-state index contributed by atoms with van der Waals surface area (Å²) in [6.07, 6.45) is -11.5. The van der Waals surface area contributed by atoms with Crippen LogP contribution in [-0.4, -0.2) is 54.4 Å². The smallest absolute Gasteiger partial charge is 0.417 e. The van der Waals surface area contributed by atoms with E-state index in [-0.39, 0.29) is 6.61 Å². The summed E-state index contributed by atoms with van der Waals surface area (Å²) < 4.78 is 70.0. The van der Waals surface area contributed by atoms with Crippen LogP contribution in [0.2, 0.25) is 0 Å². The fourth-order valence-corrected chi connectivity index (χ4v) is 3.71. The number of alkyl halides is 5. The number of benzene rings is 2. The molecule has 0 spiro atoms. The number of hydrogen-bond donors (Lipinski definition) is 3. The number of carbonyl (C=O) groups excluding carboxylic acids is 2. The van der Waals surface area contributed by atoms with Crippen LogP contribution in [0, 0.1) is 0 Å². The van der Waals surface area contributed by atoms with Gasteiger partial charge in [0.05, 0.1) is 0 Å². The molecule has 0 saturated heterocycles.